The lowest BCUT2D eigenvalue weighted by molar-refractivity contribution is -0.148. The average Bonchev–Trinajstić information content (AvgIpc) is 3.57. The molecule has 1 saturated carbocycles. The van der Waals surface area contributed by atoms with Crippen LogP contribution in [0.4, 0.5) is 0 Å². The van der Waals surface area contributed by atoms with E-state index in [-0.39, 0.29) is 18.6 Å². The average molecular weight is 468 g/mol. The van der Waals surface area contributed by atoms with Crippen LogP contribution in [0.3, 0.4) is 0 Å². The molecule has 31 heavy (non-hydrogen) atoms. The maximum Gasteiger partial charge on any atom is 0.300 e. The van der Waals surface area contributed by atoms with Crippen molar-refractivity contribution < 1.29 is 19.4 Å². The molecule has 0 bridgehead atoms. The molecular weight excluding hydrogens is 437 g/mol. The molecule has 2 aliphatic rings. The Morgan fingerprint density at radius 1 is 1.03 bits per heavy atom. The number of hydrogen-bond donors (Lipinski definition) is 1. The predicted octanol–water partition coefficient (Wildman–Crippen LogP) is 6.11. The van der Waals surface area contributed by atoms with Gasteiger partial charge in [0.15, 0.2) is 0 Å². The second kappa shape index (κ2) is 14.8. The van der Waals surface area contributed by atoms with Gasteiger partial charge in [-0.3, -0.25) is 9.59 Å². The number of aliphatic carboxylic acids is 1. The minimum Gasteiger partial charge on any atom is -0.481 e. The number of carbonyl (C=O) groups excluding carboxylic acids is 1. The number of rotatable bonds is 3. The number of halogens is 2. The molecule has 0 radical (unpaired) electrons. The first-order chi connectivity index (χ1) is 14.9. The van der Waals surface area contributed by atoms with Crippen LogP contribution in [0.25, 0.3) is 0 Å². The highest BCUT2D eigenvalue weighted by Crippen LogP contribution is 2.34. The van der Waals surface area contributed by atoms with Crippen molar-refractivity contribution in [2.24, 2.45) is 5.92 Å². The largest absolute Gasteiger partial charge is 0.481 e. The number of hydrogen-bond acceptors (Lipinski definition) is 3. The van der Waals surface area contributed by atoms with Crippen molar-refractivity contribution in [3.8, 4) is 0 Å². The molecule has 1 N–H and O–H groups in total. The molecule has 7 heteroatoms. The minimum absolute atomic E-state index is 0.0455. The number of amides is 1. The maximum atomic E-state index is 12.0. The van der Waals surface area contributed by atoms with Gasteiger partial charge in [-0.15, -0.1) is 0 Å². The van der Waals surface area contributed by atoms with Crippen molar-refractivity contribution in [1.29, 1.82) is 0 Å². The van der Waals surface area contributed by atoms with Crippen LogP contribution in [0.15, 0.2) is 54.6 Å². The zero-order valence-corrected chi connectivity index (χ0v) is 19.8. The van der Waals surface area contributed by atoms with Crippen LogP contribution in [-0.4, -0.2) is 41.6 Å². The fourth-order valence-corrected chi connectivity index (χ4v) is 3.06. The Hall–Kier alpha value is -2.08. The summed E-state index contributed by atoms with van der Waals surface area (Å²) >= 11 is 11.4. The highest BCUT2D eigenvalue weighted by atomic mass is 35.5. The van der Waals surface area contributed by atoms with E-state index in [0.717, 1.165) is 29.1 Å². The molecule has 1 aliphatic heterocycles. The van der Waals surface area contributed by atoms with Crippen LogP contribution in [0.2, 0.25) is 10.0 Å². The number of nitrogens with zero attached hydrogens (tertiary/aromatic N) is 1. The second-order valence-electron chi connectivity index (χ2n) is 6.89. The van der Waals surface area contributed by atoms with Gasteiger partial charge in [-0.05, 0) is 48.6 Å². The third-order valence-electron chi connectivity index (χ3n) is 4.34. The first-order valence-electron chi connectivity index (χ1n) is 10.4. The van der Waals surface area contributed by atoms with Crippen LogP contribution in [0.1, 0.15) is 45.2 Å². The molecule has 1 amide bonds. The van der Waals surface area contributed by atoms with E-state index in [9.17, 15) is 4.79 Å². The first-order valence-corrected chi connectivity index (χ1v) is 11.1. The summed E-state index contributed by atoms with van der Waals surface area (Å²) in [4.78, 5) is 23.0. The molecule has 1 aliphatic carbocycles. The molecule has 2 aromatic carbocycles. The Balaban J connectivity index is 0.000000306. The highest BCUT2D eigenvalue weighted by Gasteiger charge is 2.34. The van der Waals surface area contributed by atoms with E-state index in [1.807, 2.05) is 73.3 Å². The molecule has 1 heterocycles. The summed E-state index contributed by atoms with van der Waals surface area (Å²) in [6.45, 7) is 6.76. The van der Waals surface area contributed by atoms with Crippen molar-refractivity contribution in [2.75, 3.05) is 19.8 Å². The molecule has 1 atom stereocenters. The molecule has 170 valence electrons. The SMILES string of the molecule is CC.CC(=O)O.Clc1ccccc1.O=C1COC[C@@H](c2ccc(Cl)cc2)N1CC1CC1. The number of carboxylic acids is 1. The van der Waals surface area contributed by atoms with Gasteiger partial charge in [-0.25, -0.2) is 0 Å². The summed E-state index contributed by atoms with van der Waals surface area (Å²) in [5, 5.41) is 8.93. The van der Waals surface area contributed by atoms with Crippen molar-refractivity contribution >= 4 is 35.1 Å². The maximum absolute atomic E-state index is 12.0. The Kier molecular flexibility index (Phi) is 12.9. The van der Waals surface area contributed by atoms with Crippen LogP contribution in [0.5, 0.6) is 0 Å². The van der Waals surface area contributed by atoms with E-state index >= 15 is 0 Å². The van der Waals surface area contributed by atoms with Gasteiger partial charge in [0.2, 0.25) is 5.91 Å². The third-order valence-corrected chi connectivity index (χ3v) is 4.84. The van der Waals surface area contributed by atoms with Gasteiger partial charge in [0.1, 0.15) is 6.61 Å². The molecule has 4 rings (SSSR count). The second-order valence-corrected chi connectivity index (χ2v) is 7.76. The Labute approximate surface area is 194 Å². The lowest BCUT2D eigenvalue weighted by atomic mass is 10.0. The van der Waals surface area contributed by atoms with Gasteiger partial charge in [-0.1, -0.05) is 67.4 Å². The number of morpholine rings is 1. The van der Waals surface area contributed by atoms with Crippen LogP contribution in [-0.2, 0) is 14.3 Å². The van der Waals surface area contributed by atoms with Gasteiger partial charge in [-0.2, -0.15) is 0 Å². The highest BCUT2D eigenvalue weighted by molar-refractivity contribution is 6.30. The molecule has 1 saturated heterocycles. The predicted molar refractivity (Wildman–Crippen MR) is 126 cm³/mol. The summed E-state index contributed by atoms with van der Waals surface area (Å²) in [6, 6.07) is 17.2. The zero-order valence-electron chi connectivity index (χ0n) is 18.3. The summed E-state index contributed by atoms with van der Waals surface area (Å²) in [5.74, 6) is -0.0325. The van der Waals surface area contributed by atoms with Gasteiger partial charge in [0.05, 0.1) is 12.6 Å². The molecule has 5 nitrogen and oxygen atoms in total. The zero-order chi connectivity index (χ0) is 23.2. The van der Waals surface area contributed by atoms with E-state index < -0.39 is 5.97 Å². The number of carboxylic acid groups (broad SMARTS) is 1. The van der Waals surface area contributed by atoms with Crippen molar-refractivity contribution in [3.63, 3.8) is 0 Å². The standard InChI is InChI=1S/C14H16ClNO2.C6H5Cl.C2H4O2.C2H6/c15-12-5-3-11(4-6-12)13-8-18-9-14(17)16(13)7-10-1-2-10;7-6-4-2-1-3-5-6;1-2(3)4;1-2/h3-6,10,13H,1-2,7-9H2;1-5H;1H3,(H,3,4);1-2H3/t13-;;;/m0.../s1. The first kappa shape index (κ1) is 27.0. The normalized spacial score (nSPS) is 17.1. The Morgan fingerprint density at radius 3 is 2.00 bits per heavy atom. The molecule has 2 aromatic rings. The van der Waals surface area contributed by atoms with E-state index in [1.54, 1.807) is 0 Å². The van der Waals surface area contributed by atoms with E-state index in [1.165, 1.54) is 12.8 Å². The monoisotopic (exact) mass is 467 g/mol. The fraction of sp³-hybridized carbons (Fsp3) is 0.417. The molecule has 2 fully saturated rings. The lowest BCUT2D eigenvalue weighted by Crippen LogP contribution is -2.45. The summed E-state index contributed by atoms with van der Waals surface area (Å²) < 4.78 is 5.39. The molecular formula is C24H31Cl2NO4. The van der Waals surface area contributed by atoms with E-state index in [0.29, 0.717) is 12.5 Å². The van der Waals surface area contributed by atoms with Gasteiger partial charge in [0.25, 0.3) is 5.97 Å². The van der Waals surface area contributed by atoms with Crippen LogP contribution >= 0.6 is 23.2 Å². The molecule has 0 unspecified atom stereocenters. The quantitative estimate of drug-likeness (QED) is 0.591. The lowest BCUT2D eigenvalue weighted by Gasteiger charge is -2.36. The third kappa shape index (κ3) is 11.2. The van der Waals surface area contributed by atoms with Gasteiger partial charge >= 0.3 is 0 Å². The van der Waals surface area contributed by atoms with Crippen molar-refractivity contribution in [1.82, 2.24) is 4.90 Å². The Bertz CT molecular complexity index is 776. The number of benzene rings is 2. The van der Waals surface area contributed by atoms with E-state index in [4.69, 9.17) is 37.8 Å². The van der Waals surface area contributed by atoms with Crippen LogP contribution < -0.4 is 0 Å². The summed E-state index contributed by atoms with van der Waals surface area (Å²) in [5.41, 5.74) is 1.10. The minimum atomic E-state index is -0.833. The molecule has 0 spiro atoms. The fourth-order valence-electron chi connectivity index (χ4n) is 2.79. The molecule has 0 aromatic heterocycles. The van der Waals surface area contributed by atoms with Gasteiger partial charge < -0.3 is 14.7 Å². The summed E-state index contributed by atoms with van der Waals surface area (Å²) in [7, 11) is 0. The summed E-state index contributed by atoms with van der Waals surface area (Å²) in [6.07, 6.45) is 2.50. The van der Waals surface area contributed by atoms with Crippen molar-refractivity contribution in [3.05, 3.63) is 70.2 Å². The van der Waals surface area contributed by atoms with Crippen molar-refractivity contribution in [2.45, 2.75) is 39.7 Å². The topological polar surface area (TPSA) is 66.8 Å². The smallest absolute Gasteiger partial charge is 0.300 e. The number of ether oxygens (including phenoxy) is 1. The van der Waals surface area contributed by atoms with Gasteiger partial charge in [0, 0.05) is 23.5 Å². The van der Waals surface area contributed by atoms with E-state index in [2.05, 4.69) is 0 Å². The Morgan fingerprint density at radius 2 is 1.55 bits per heavy atom. The van der Waals surface area contributed by atoms with Crippen LogP contribution in [0, 0.1) is 5.92 Å². The number of carbonyl (C=O) groups is 2.